The quantitative estimate of drug-likeness (QED) is 0.717. The average molecular weight is 405 g/mol. The van der Waals surface area contributed by atoms with Crippen LogP contribution in [0.5, 0.6) is 5.88 Å². The van der Waals surface area contributed by atoms with E-state index in [-0.39, 0.29) is 11.8 Å². The lowest BCUT2D eigenvalue weighted by atomic mass is 10.2. The molecule has 0 spiro atoms. The average Bonchev–Trinajstić information content (AvgIpc) is 3.03. The van der Waals surface area contributed by atoms with Gasteiger partial charge in [-0.1, -0.05) is 30.3 Å². The molecule has 0 atom stereocenters. The van der Waals surface area contributed by atoms with Crippen molar-refractivity contribution in [2.75, 3.05) is 27.2 Å². The molecule has 0 unspecified atom stereocenters. The van der Waals surface area contributed by atoms with Gasteiger partial charge in [-0.05, 0) is 6.07 Å². The maximum Gasteiger partial charge on any atom is 0.271 e. The fourth-order valence-corrected chi connectivity index (χ4v) is 3.68. The summed E-state index contributed by atoms with van der Waals surface area (Å²) in [7, 11) is 3.13. The van der Waals surface area contributed by atoms with Crippen molar-refractivity contribution in [2.45, 2.75) is 13.0 Å². The molecule has 0 bridgehead atoms. The number of amides is 2. The Labute approximate surface area is 174 Å². The summed E-state index contributed by atoms with van der Waals surface area (Å²) in [6.45, 7) is 1.56. The van der Waals surface area contributed by atoms with Gasteiger partial charge in [0.25, 0.3) is 11.8 Å². The van der Waals surface area contributed by atoms with Gasteiger partial charge < -0.3 is 19.5 Å². The van der Waals surface area contributed by atoms with Crippen molar-refractivity contribution in [3.8, 4) is 17.3 Å². The van der Waals surface area contributed by atoms with Gasteiger partial charge in [0.1, 0.15) is 11.5 Å². The van der Waals surface area contributed by atoms with E-state index in [4.69, 9.17) is 4.74 Å². The van der Waals surface area contributed by atoms with E-state index in [9.17, 15) is 9.59 Å². The Morgan fingerprint density at radius 1 is 1.07 bits per heavy atom. The summed E-state index contributed by atoms with van der Waals surface area (Å²) < 4.78 is 7.12. The van der Waals surface area contributed by atoms with Gasteiger partial charge in [-0.3, -0.25) is 9.59 Å². The molecule has 8 heteroatoms. The van der Waals surface area contributed by atoms with Gasteiger partial charge >= 0.3 is 0 Å². The number of ether oxygens (including phenoxy) is 1. The van der Waals surface area contributed by atoms with Crippen LogP contribution in [0.2, 0.25) is 0 Å². The van der Waals surface area contributed by atoms with Gasteiger partial charge in [-0.15, -0.1) is 0 Å². The van der Waals surface area contributed by atoms with Crippen molar-refractivity contribution in [1.82, 2.24) is 24.8 Å². The smallest absolute Gasteiger partial charge is 0.271 e. The van der Waals surface area contributed by atoms with Gasteiger partial charge in [0.15, 0.2) is 0 Å². The third-order valence-electron chi connectivity index (χ3n) is 5.24. The molecule has 1 N–H and O–H groups in total. The zero-order valence-corrected chi connectivity index (χ0v) is 17.0. The Hall–Kier alpha value is -3.68. The molecule has 1 aliphatic rings. The fourth-order valence-electron chi connectivity index (χ4n) is 3.68. The van der Waals surface area contributed by atoms with Crippen LogP contribution in [0.4, 0.5) is 0 Å². The van der Waals surface area contributed by atoms with Crippen molar-refractivity contribution in [2.24, 2.45) is 0 Å². The van der Waals surface area contributed by atoms with E-state index in [1.165, 1.54) is 13.3 Å². The molecule has 3 aromatic rings. The van der Waals surface area contributed by atoms with Crippen LogP contribution in [-0.4, -0.2) is 58.5 Å². The molecule has 2 aromatic heterocycles. The van der Waals surface area contributed by atoms with E-state index in [2.05, 4.69) is 19.9 Å². The number of fused-ring (bicyclic) bond motifs is 1. The second-order valence-electron chi connectivity index (χ2n) is 6.96. The molecule has 0 aliphatic carbocycles. The second kappa shape index (κ2) is 8.36. The Morgan fingerprint density at radius 2 is 1.87 bits per heavy atom. The first-order valence-electron chi connectivity index (χ1n) is 9.78. The zero-order valence-electron chi connectivity index (χ0n) is 17.0. The summed E-state index contributed by atoms with van der Waals surface area (Å²) in [5.74, 6) is 0.892. The van der Waals surface area contributed by atoms with E-state index < -0.39 is 0 Å². The first-order chi connectivity index (χ1) is 14.6. The lowest BCUT2D eigenvalue weighted by Gasteiger charge is -2.20. The van der Waals surface area contributed by atoms with Crippen LogP contribution in [-0.2, 0) is 13.0 Å². The number of aromatic nitrogens is 3. The van der Waals surface area contributed by atoms with Crippen molar-refractivity contribution in [1.29, 1.82) is 0 Å². The molecule has 154 valence electrons. The Morgan fingerprint density at radius 3 is 2.53 bits per heavy atom. The number of nitrogens with one attached hydrogen (secondary N) is 1. The second-order valence-corrected chi connectivity index (χ2v) is 6.96. The minimum atomic E-state index is -0.222. The Kier molecular flexibility index (Phi) is 5.47. The molecule has 8 nitrogen and oxygen atoms in total. The summed E-state index contributed by atoms with van der Waals surface area (Å²) in [5, 5.41) is 2.67. The monoisotopic (exact) mass is 405 g/mol. The number of methoxy groups -OCH3 is 1. The number of nitrogens with zero attached hydrogens (tertiary/aromatic N) is 4. The highest BCUT2D eigenvalue weighted by molar-refractivity contribution is 5.95. The minimum absolute atomic E-state index is 0.0911. The Bertz CT molecular complexity index is 1060. The van der Waals surface area contributed by atoms with Gasteiger partial charge in [0, 0.05) is 50.9 Å². The number of hydrogen-bond acceptors (Lipinski definition) is 5. The van der Waals surface area contributed by atoms with E-state index >= 15 is 0 Å². The normalized spacial score (nSPS) is 13.3. The summed E-state index contributed by atoms with van der Waals surface area (Å²) in [5.41, 5.74) is 2.71. The highest BCUT2D eigenvalue weighted by atomic mass is 16.5. The van der Waals surface area contributed by atoms with Crippen molar-refractivity contribution in [3.05, 3.63) is 65.6 Å². The van der Waals surface area contributed by atoms with E-state index in [1.54, 1.807) is 24.1 Å². The lowest BCUT2D eigenvalue weighted by Crippen LogP contribution is -2.33. The molecule has 2 amide bonds. The summed E-state index contributed by atoms with van der Waals surface area (Å²) >= 11 is 0. The first kappa shape index (κ1) is 19.6. The number of pyridine rings is 1. The molecule has 1 aromatic carbocycles. The van der Waals surface area contributed by atoms with Crippen LogP contribution >= 0.6 is 0 Å². The van der Waals surface area contributed by atoms with Crippen molar-refractivity contribution < 1.29 is 14.3 Å². The first-order valence-corrected chi connectivity index (χ1v) is 9.78. The number of rotatable bonds is 4. The fraction of sp³-hybridized carbons (Fsp3) is 0.273. The van der Waals surface area contributed by atoms with E-state index in [0.717, 1.165) is 17.1 Å². The van der Waals surface area contributed by atoms with Crippen LogP contribution in [0.3, 0.4) is 0 Å². The lowest BCUT2D eigenvalue weighted by molar-refractivity contribution is 0.0758. The molecule has 3 heterocycles. The number of imidazole rings is 1. The van der Waals surface area contributed by atoms with Crippen LogP contribution in [0.15, 0.2) is 48.7 Å². The maximum absolute atomic E-state index is 13.0. The maximum atomic E-state index is 13.0. The molecule has 0 saturated heterocycles. The summed E-state index contributed by atoms with van der Waals surface area (Å²) in [6, 6.07) is 13.2. The molecule has 0 saturated carbocycles. The minimum Gasteiger partial charge on any atom is -0.481 e. The molecule has 4 rings (SSSR count). The molecular weight excluding hydrogens is 382 g/mol. The molecule has 1 aliphatic heterocycles. The number of hydrogen-bond donors (Lipinski definition) is 1. The van der Waals surface area contributed by atoms with E-state index in [0.29, 0.717) is 43.2 Å². The number of carbonyl (C=O) groups excluding carboxylic acids is 2. The van der Waals surface area contributed by atoms with Crippen LogP contribution in [0.25, 0.3) is 11.4 Å². The van der Waals surface area contributed by atoms with Crippen molar-refractivity contribution >= 4 is 11.8 Å². The van der Waals surface area contributed by atoms with Crippen LogP contribution < -0.4 is 10.1 Å². The highest BCUT2D eigenvalue weighted by Crippen LogP contribution is 2.25. The van der Waals surface area contributed by atoms with Crippen molar-refractivity contribution in [3.63, 3.8) is 0 Å². The SMILES string of the molecule is CNC(=O)c1nc(-c2ccccc2)n2c1CCN(C(=O)c1ccc(OC)nc1)CC2. The highest BCUT2D eigenvalue weighted by Gasteiger charge is 2.27. The third-order valence-corrected chi connectivity index (χ3v) is 5.24. The third kappa shape index (κ3) is 3.63. The summed E-state index contributed by atoms with van der Waals surface area (Å²) in [4.78, 5) is 36.0. The topological polar surface area (TPSA) is 89.4 Å². The van der Waals surface area contributed by atoms with E-state index in [1.807, 2.05) is 30.3 Å². The predicted octanol–water partition coefficient (Wildman–Crippen LogP) is 2.01. The molecule has 0 fully saturated rings. The standard InChI is InChI=1S/C22H23N5O3/c1-23-21(28)19-17-10-11-26(22(29)16-8-9-18(30-2)24-14-16)12-13-27(17)20(25-19)15-6-4-3-5-7-15/h3-9,14H,10-13H2,1-2H3,(H,23,28). The molecule has 0 radical (unpaired) electrons. The number of carbonyl (C=O) groups is 2. The van der Waals surface area contributed by atoms with Gasteiger partial charge in [0.05, 0.1) is 18.4 Å². The van der Waals surface area contributed by atoms with Gasteiger partial charge in [0.2, 0.25) is 5.88 Å². The van der Waals surface area contributed by atoms with Crippen LogP contribution in [0.1, 0.15) is 26.5 Å². The Balaban J connectivity index is 1.64. The van der Waals surface area contributed by atoms with Crippen LogP contribution in [0, 0.1) is 0 Å². The zero-order chi connectivity index (χ0) is 21.1. The molecule has 30 heavy (non-hydrogen) atoms. The van der Waals surface area contributed by atoms with Gasteiger partial charge in [-0.25, -0.2) is 9.97 Å². The summed E-state index contributed by atoms with van der Waals surface area (Å²) in [6.07, 6.45) is 2.07. The molecular formula is C22H23N5O3. The largest absolute Gasteiger partial charge is 0.481 e. The predicted molar refractivity (Wildman–Crippen MR) is 111 cm³/mol. The number of benzene rings is 1. The van der Waals surface area contributed by atoms with Gasteiger partial charge in [-0.2, -0.15) is 0 Å².